The number of aromatic nitrogens is 3. The van der Waals surface area contributed by atoms with Crippen molar-refractivity contribution in [3.05, 3.63) is 36.7 Å². The van der Waals surface area contributed by atoms with Gasteiger partial charge in [0, 0.05) is 12.6 Å². The molecule has 1 aromatic carbocycles. The first-order valence-corrected chi connectivity index (χ1v) is 4.77. The monoisotopic (exact) mass is 189 g/mol. The summed E-state index contributed by atoms with van der Waals surface area (Å²) in [6.45, 7) is 4.00. The highest BCUT2D eigenvalue weighted by Crippen LogP contribution is 2.13. The molecule has 0 aliphatic rings. The molecule has 0 unspecified atom stereocenters. The Kier molecular flexibility index (Phi) is 3.85. The minimum atomic E-state index is 0.899. The van der Waals surface area contributed by atoms with Crippen LogP contribution in [0.25, 0.3) is 11.4 Å². The SMILES string of the molecule is CC.Cn1cnnc1-c1ccccc1. The summed E-state index contributed by atoms with van der Waals surface area (Å²) in [4.78, 5) is 0. The number of hydrogen-bond donors (Lipinski definition) is 0. The van der Waals surface area contributed by atoms with Crippen LogP contribution in [0.3, 0.4) is 0 Å². The van der Waals surface area contributed by atoms with E-state index in [-0.39, 0.29) is 0 Å². The molecule has 3 heteroatoms. The fourth-order valence-electron chi connectivity index (χ4n) is 1.13. The smallest absolute Gasteiger partial charge is 0.163 e. The molecule has 2 aromatic rings. The molecule has 0 atom stereocenters. The number of nitrogens with zero attached hydrogens (tertiary/aromatic N) is 3. The zero-order chi connectivity index (χ0) is 10.4. The number of hydrogen-bond acceptors (Lipinski definition) is 2. The van der Waals surface area contributed by atoms with Crippen molar-refractivity contribution in [2.24, 2.45) is 7.05 Å². The van der Waals surface area contributed by atoms with E-state index < -0.39 is 0 Å². The first kappa shape index (κ1) is 10.4. The van der Waals surface area contributed by atoms with Crippen molar-refractivity contribution >= 4 is 0 Å². The molecule has 14 heavy (non-hydrogen) atoms. The van der Waals surface area contributed by atoms with Crippen LogP contribution in [-0.2, 0) is 7.05 Å². The molecule has 0 spiro atoms. The van der Waals surface area contributed by atoms with Crippen molar-refractivity contribution < 1.29 is 0 Å². The zero-order valence-electron chi connectivity index (χ0n) is 8.81. The van der Waals surface area contributed by atoms with Gasteiger partial charge in [-0.2, -0.15) is 0 Å². The van der Waals surface area contributed by atoms with Crippen LogP contribution in [0.5, 0.6) is 0 Å². The van der Waals surface area contributed by atoms with Gasteiger partial charge in [0.1, 0.15) is 6.33 Å². The third kappa shape index (κ3) is 2.19. The molecular formula is C11H15N3. The summed E-state index contributed by atoms with van der Waals surface area (Å²) in [5.41, 5.74) is 1.09. The van der Waals surface area contributed by atoms with E-state index in [9.17, 15) is 0 Å². The molecular weight excluding hydrogens is 174 g/mol. The van der Waals surface area contributed by atoms with Gasteiger partial charge in [-0.3, -0.25) is 0 Å². The van der Waals surface area contributed by atoms with Crippen molar-refractivity contribution in [3.8, 4) is 11.4 Å². The lowest BCUT2D eigenvalue weighted by Gasteiger charge is -1.97. The average molecular weight is 189 g/mol. The fourth-order valence-corrected chi connectivity index (χ4v) is 1.13. The molecule has 0 N–H and O–H groups in total. The van der Waals surface area contributed by atoms with Gasteiger partial charge in [0.05, 0.1) is 0 Å². The average Bonchev–Trinajstić information content (AvgIpc) is 2.69. The molecule has 74 valence electrons. The Morgan fingerprint density at radius 3 is 2.21 bits per heavy atom. The van der Waals surface area contributed by atoms with Gasteiger partial charge >= 0.3 is 0 Å². The summed E-state index contributed by atoms with van der Waals surface area (Å²) in [5.74, 6) is 0.899. The van der Waals surface area contributed by atoms with E-state index >= 15 is 0 Å². The molecule has 0 aliphatic carbocycles. The second kappa shape index (κ2) is 5.17. The van der Waals surface area contributed by atoms with E-state index in [4.69, 9.17) is 0 Å². The van der Waals surface area contributed by atoms with Crippen molar-refractivity contribution in [1.82, 2.24) is 14.8 Å². The molecule has 0 bridgehead atoms. The Hall–Kier alpha value is -1.64. The minimum absolute atomic E-state index is 0.899. The van der Waals surface area contributed by atoms with Crippen molar-refractivity contribution in [1.29, 1.82) is 0 Å². The number of rotatable bonds is 1. The molecule has 0 saturated carbocycles. The maximum atomic E-state index is 4.00. The highest BCUT2D eigenvalue weighted by Gasteiger charge is 2.01. The summed E-state index contributed by atoms with van der Waals surface area (Å²) in [5, 5.41) is 7.81. The van der Waals surface area contributed by atoms with Crippen LogP contribution in [-0.4, -0.2) is 14.8 Å². The normalized spacial score (nSPS) is 9.07. The van der Waals surface area contributed by atoms with Crippen LogP contribution in [0.4, 0.5) is 0 Å². The molecule has 0 saturated heterocycles. The van der Waals surface area contributed by atoms with Gasteiger partial charge in [0.15, 0.2) is 5.82 Å². The predicted octanol–water partition coefficient (Wildman–Crippen LogP) is 2.51. The fraction of sp³-hybridized carbons (Fsp3) is 0.273. The largest absolute Gasteiger partial charge is 0.317 e. The van der Waals surface area contributed by atoms with Crippen LogP contribution in [0.1, 0.15) is 13.8 Å². The quantitative estimate of drug-likeness (QED) is 0.690. The van der Waals surface area contributed by atoms with Crippen molar-refractivity contribution in [2.75, 3.05) is 0 Å². The molecule has 1 aromatic heterocycles. The van der Waals surface area contributed by atoms with E-state index in [1.165, 1.54) is 0 Å². The maximum absolute atomic E-state index is 4.00. The lowest BCUT2D eigenvalue weighted by molar-refractivity contribution is 0.920. The highest BCUT2D eigenvalue weighted by atomic mass is 15.2. The summed E-state index contributed by atoms with van der Waals surface area (Å²) in [7, 11) is 1.93. The summed E-state index contributed by atoms with van der Waals surface area (Å²) in [6.07, 6.45) is 1.70. The zero-order valence-corrected chi connectivity index (χ0v) is 8.81. The van der Waals surface area contributed by atoms with Gasteiger partial charge in [-0.1, -0.05) is 44.2 Å². The highest BCUT2D eigenvalue weighted by molar-refractivity contribution is 5.54. The van der Waals surface area contributed by atoms with E-state index in [1.54, 1.807) is 6.33 Å². The van der Waals surface area contributed by atoms with Crippen molar-refractivity contribution in [2.45, 2.75) is 13.8 Å². The van der Waals surface area contributed by atoms with Crippen LogP contribution >= 0.6 is 0 Å². The van der Waals surface area contributed by atoms with E-state index in [0.717, 1.165) is 11.4 Å². The van der Waals surface area contributed by atoms with E-state index in [0.29, 0.717) is 0 Å². The van der Waals surface area contributed by atoms with Crippen LogP contribution in [0, 0.1) is 0 Å². The Morgan fingerprint density at radius 2 is 1.71 bits per heavy atom. The Balaban J connectivity index is 0.000000461. The predicted molar refractivity (Wildman–Crippen MR) is 57.8 cm³/mol. The lowest BCUT2D eigenvalue weighted by Crippen LogP contribution is -1.89. The van der Waals surface area contributed by atoms with Crippen LogP contribution < -0.4 is 0 Å². The second-order valence-corrected chi connectivity index (χ2v) is 2.63. The van der Waals surface area contributed by atoms with Gasteiger partial charge in [0.25, 0.3) is 0 Å². The number of benzene rings is 1. The maximum Gasteiger partial charge on any atom is 0.163 e. The lowest BCUT2D eigenvalue weighted by atomic mass is 10.2. The Bertz CT molecular complexity index is 365. The van der Waals surface area contributed by atoms with E-state index in [1.807, 2.05) is 55.8 Å². The molecule has 0 fully saturated rings. The molecule has 0 radical (unpaired) electrons. The topological polar surface area (TPSA) is 30.7 Å². The van der Waals surface area contributed by atoms with Crippen molar-refractivity contribution in [3.63, 3.8) is 0 Å². The second-order valence-electron chi connectivity index (χ2n) is 2.63. The van der Waals surface area contributed by atoms with Gasteiger partial charge in [-0.05, 0) is 0 Å². The Morgan fingerprint density at radius 1 is 1.07 bits per heavy atom. The van der Waals surface area contributed by atoms with Crippen LogP contribution in [0.2, 0.25) is 0 Å². The molecule has 0 aliphatic heterocycles. The third-order valence-electron chi connectivity index (χ3n) is 1.74. The standard InChI is InChI=1S/C9H9N3.C2H6/c1-12-7-10-11-9(12)8-5-3-2-4-6-8;1-2/h2-7H,1H3;1-2H3. The molecule has 0 amide bonds. The summed E-state index contributed by atoms with van der Waals surface area (Å²) < 4.78 is 1.90. The third-order valence-corrected chi connectivity index (χ3v) is 1.74. The summed E-state index contributed by atoms with van der Waals surface area (Å²) >= 11 is 0. The first-order valence-electron chi connectivity index (χ1n) is 4.77. The number of aryl methyl sites for hydroxylation is 1. The van der Waals surface area contributed by atoms with E-state index in [2.05, 4.69) is 10.2 Å². The Labute approximate surface area is 84.4 Å². The molecule has 1 heterocycles. The minimum Gasteiger partial charge on any atom is -0.317 e. The van der Waals surface area contributed by atoms with Gasteiger partial charge in [-0.15, -0.1) is 10.2 Å². The molecule has 2 rings (SSSR count). The van der Waals surface area contributed by atoms with Gasteiger partial charge < -0.3 is 4.57 Å². The van der Waals surface area contributed by atoms with Crippen LogP contribution in [0.15, 0.2) is 36.7 Å². The van der Waals surface area contributed by atoms with Gasteiger partial charge in [-0.25, -0.2) is 0 Å². The molecule has 3 nitrogen and oxygen atoms in total. The first-order chi connectivity index (χ1) is 6.88. The van der Waals surface area contributed by atoms with Gasteiger partial charge in [0.2, 0.25) is 0 Å². The summed E-state index contributed by atoms with van der Waals surface area (Å²) in [6, 6.07) is 10.0.